The van der Waals surface area contributed by atoms with Crippen molar-refractivity contribution in [3.63, 3.8) is 0 Å². The van der Waals surface area contributed by atoms with Gasteiger partial charge in [0, 0.05) is 24.5 Å². The highest BCUT2D eigenvalue weighted by molar-refractivity contribution is 8.21. The van der Waals surface area contributed by atoms with Gasteiger partial charge in [0.05, 0.1) is 16.7 Å². The minimum atomic E-state index is -0.977. The second kappa shape index (κ2) is 13.5. The molecule has 1 spiro atoms. The Balaban J connectivity index is 1.78. The van der Waals surface area contributed by atoms with Crippen LogP contribution in [0.15, 0.2) is 30.3 Å². The van der Waals surface area contributed by atoms with E-state index in [2.05, 4.69) is 5.32 Å². The summed E-state index contributed by atoms with van der Waals surface area (Å²) >= 11 is 3.51. The normalized spacial score (nSPS) is 20.6. The molecule has 0 aliphatic carbocycles. The van der Waals surface area contributed by atoms with Crippen LogP contribution in [0.4, 0.5) is 0 Å². The Hall–Kier alpha value is -1.75. The molecule has 0 aromatic heterocycles. The number of amides is 1. The lowest BCUT2D eigenvalue weighted by molar-refractivity contribution is -0.150. The molecular formula is C25H37N3O5S2. The Labute approximate surface area is 216 Å². The fraction of sp³-hybridized carbons (Fsp3) is 0.640. The number of unbranched alkanes of at least 4 members (excludes halogenated alkanes) is 1. The first-order valence-corrected chi connectivity index (χ1v) is 14.3. The van der Waals surface area contributed by atoms with Crippen LogP contribution >= 0.6 is 23.5 Å². The number of hydrogen-bond donors (Lipinski definition) is 3. The molecule has 1 aromatic rings. The molecule has 0 radical (unpaired) electrons. The number of rotatable bonds is 13. The number of ether oxygens (including phenoxy) is 1. The van der Waals surface area contributed by atoms with Crippen molar-refractivity contribution in [1.82, 2.24) is 10.2 Å². The number of carboxylic acid groups (broad SMARTS) is 1. The van der Waals surface area contributed by atoms with Crippen LogP contribution in [0.2, 0.25) is 0 Å². The number of carbonyl (C=O) groups is 3. The first-order valence-electron chi connectivity index (χ1n) is 12.4. The average molecular weight is 524 g/mol. The molecule has 3 atom stereocenters. The number of carbonyl (C=O) groups excluding carboxylic acids is 2. The van der Waals surface area contributed by atoms with E-state index in [4.69, 9.17) is 10.5 Å². The summed E-state index contributed by atoms with van der Waals surface area (Å²) in [4.78, 5) is 40.2. The van der Waals surface area contributed by atoms with Gasteiger partial charge in [-0.15, -0.1) is 23.5 Å². The second-order valence-electron chi connectivity index (χ2n) is 8.96. The van der Waals surface area contributed by atoms with Gasteiger partial charge in [-0.2, -0.15) is 0 Å². The molecule has 0 saturated carbocycles. The standard InChI is InChI=1S/C25H37N3O5S2/c1-2-33-24(32)20(12-11-18-8-4-3-5-9-18)27-19(10-6-7-13-26)22(29)28-17-25(34-14-15-35-25)16-21(28)23(30)31/h3-5,8-9,19-21,27H,2,6-7,10-17,26H2,1H3,(H,30,31)/t19-,20-,21-/m0/s1. The Morgan fingerprint density at radius 3 is 2.51 bits per heavy atom. The summed E-state index contributed by atoms with van der Waals surface area (Å²) in [6.07, 6.45) is 3.49. The molecule has 0 bridgehead atoms. The highest BCUT2D eigenvalue weighted by Gasteiger charge is 2.52. The van der Waals surface area contributed by atoms with Gasteiger partial charge in [0.25, 0.3) is 0 Å². The monoisotopic (exact) mass is 523 g/mol. The quantitative estimate of drug-likeness (QED) is 0.264. The maximum Gasteiger partial charge on any atom is 0.326 e. The van der Waals surface area contributed by atoms with Gasteiger partial charge in [-0.3, -0.25) is 14.9 Å². The summed E-state index contributed by atoms with van der Waals surface area (Å²) in [7, 11) is 0. The van der Waals surface area contributed by atoms with E-state index in [0.29, 0.717) is 45.2 Å². The molecule has 2 aliphatic heterocycles. The molecule has 2 aliphatic rings. The lowest BCUT2D eigenvalue weighted by Gasteiger charge is -2.30. The molecule has 194 valence electrons. The van der Waals surface area contributed by atoms with Gasteiger partial charge < -0.3 is 20.5 Å². The first-order chi connectivity index (χ1) is 16.9. The lowest BCUT2D eigenvalue weighted by Crippen LogP contribution is -2.54. The Kier molecular flexibility index (Phi) is 10.8. The third kappa shape index (κ3) is 7.62. The highest BCUT2D eigenvalue weighted by atomic mass is 32.2. The number of nitrogens with two attached hydrogens (primary N) is 1. The summed E-state index contributed by atoms with van der Waals surface area (Å²) in [6, 6.07) is 7.65. The van der Waals surface area contributed by atoms with Crippen molar-refractivity contribution < 1.29 is 24.2 Å². The molecule has 2 heterocycles. The number of nitrogens with one attached hydrogen (secondary N) is 1. The van der Waals surface area contributed by atoms with Crippen LogP contribution in [0.3, 0.4) is 0 Å². The summed E-state index contributed by atoms with van der Waals surface area (Å²) in [6.45, 7) is 2.92. The van der Waals surface area contributed by atoms with Crippen LogP contribution < -0.4 is 11.1 Å². The Bertz CT molecular complexity index is 851. The number of nitrogens with zero attached hydrogens (tertiary/aromatic N) is 1. The number of aliphatic carboxylic acids is 1. The van der Waals surface area contributed by atoms with Crippen LogP contribution in [-0.2, 0) is 25.5 Å². The van der Waals surface area contributed by atoms with Crippen LogP contribution in [0.25, 0.3) is 0 Å². The molecule has 1 amide bonds. The highest BCUT2D eigenvalue weighted by Crippen LogP contribution is 2.51. The van der Waals surface area contributed by atoms with Gasteiger partial charge in [0.15, 0.2) is 0 Å². The van der Waals surface area contributed by atoms with Crippen molar-refractivity contribution >= 4 is 41.4 Å². The summed E-state index contributed by atoms with van der Waals surface area (Å²) < 4.78 is 5.06. The first kappa shape index (κ1) is 27.8. The third-order valence-electron chi connectivity index (χ3n) is 6.46. The number of benzene rings is 1. The molecular weight excluding hydrogens is 486 g/mol. The topological polar surface area (TPSA) is 122 Å². The molecule has 4 N–H and O–H groups in total. The fourth-order valence-electron chi connectivity index (χ4n) is 4.68. The zero-order valence-electron chi connectivity index (χ0n) is 20.3. The van der Waals surface area contributed by atoms with Gasteiger partial charge in [0.1, 0.15) is 12.1 Å². The average Bonchev–Trinajstić information content (AvgIpc) is 3.48. The number of aryl methyl sites for hydroxylation is 1. The van der Waals surface area contributed by atoms with E-state index < -0.39 is 30.1 Å². The predicted octanol–water partition coefficient (Wildman–Crippen LogP) is 2.50. The van der Waals surface area contributed by atoms with Gasteiger partial charge in [-0.05, 0) is 44.7 Å². The second-order valence-corrected chi connectivity index (χ2v) is 12.2. The van der Waals surface area contributed by atoms with E-state index in [1.807, 2.05) is 30.3 Å². The van der Waals surface area contributed by atoms with Crippen molar-refractivity contribution in [3.05, 3.63) is 35.9 Å². The number of likely N-dealkylation sites (tertiary alicyclic amines) is 1. The molecule has 0 unspecified atom stereocenters. The lowest BCUT2D eigenvalue weighted by atomic mass is 10.0. The van der Waals surface area contributed by atoms with Gasteiger partial charge >= 0.3 is 11.9 Å². The number of thioether (sulfide) groups is 2. The van der Waals surface area contributed by atoms with Gasteiger partial charge in [-0.1, -0.05) is 36.8 Å². The summed E-state index contributed by atoms with van der Waals surface area (Å²) in [5.41, 5.74) is 6.78. The summed E-state index contributed by atoms with van der Waals surface area (Å²) in [5.74, 6) is 0.293. The maximum atomic E-state index is 13.8. The van der Waals surface area contributed by atoms with E-state index in [9.17, 15) is 19.5 Å². The van der Waals surface area contributed by atoms with Crippen molar-refractivity contribution in [3.8, 4) is 0 Å². The predicted molar refractivity (Wildman–Crippen MR) is 140 cm³/mol. The molecule has 1 aromatic carbocycles. The number of carboxylic acids is 1. The Morgan fingerprint density at radius 1 is 1.17 bits per heavy atom. The van der Waals surface area contributed by atoms with Crippen molar-refractivity contribution in [1.29, 1.82) is 0 Å². The van der Waals surface area contributed by atoms with E-state index in [0.717, 1.165) is 23.5 Å². The van der Waals surface area contributed by atoms with E-state index >= 15 is 0 Å². The fourth-order valence-corrected chi connectivity index (χ4v) is 7.94. The maximum absolute atomic E-state index is 13.8. The van der Waals surface area contributed by atoms with Crippen molar-refractivity contribution in [2.75, 3.05) is 31.2 Å². The minimum Gasteiger partial charge on any atom is -0.480 e. The number of hydrogen-bond acceptors (Lipinski definition) is 8. The third-order valence-corrected chi connectivity index (χ3v) is 9.88. The molecule has 2 fully saturated rings. The molecule has 2 saturated heterocycles. The van der Waals surface area contributed by atoms with E-state index in [1.54, 1.807) is 30.4 Å². The van der Waals surface area contributed by atoms with Crippen LogP contribution in [0.1, 0.15) is 44.6 Å². The van der Waals surface area contributed by atoms with E-state index in [1.165, 1.54) is 4.90 Å². The number of esters is 1. The van der Waals surface area contributed by atoms with Crippen LogP contribution in [0, 0.1) is 0 Å². The van der Waals surface area contributed by atoms with Crippen LogP contribution in [0.5, 0.6) is 0 Å². The van der Waals surface area contributed by atoms with Crippen molar-refractivity contribution in [2.45, 2.75) is 67.7 Å². The SMILES string of the molecule is CCOC(=O)[C@H](CCc1ccccc1)N[C@@H](CCCCN)C(=O)N1CC2(C[C@H]1C(=O)O)SCCS2. The van der Waals surface area contributed by atoms with Gasteiger partial charge in [0.2, 0.25) is 5.91 Å². The molecule has 3 rings (SSSR count). The largest absolute Gasteiger partial charge is 0.480 e. The molecule has 35 heavy (non-hydrogen) atoms. The minimum absolute atomic E-state index is 0.248. The van der Waals surface area contributed by atoms with Crippen molar-refractivity contribution in [2.24, 2.45) is 5.73 Å². The van der Waals surface area contributed by atoms with Gasteiger partial charge in [-0.25, -0.2) is 4.79 Å². The summed E-state index contributed by atoms with van der Waals surface area (Å²) in [5, 5.41) is 13.2. The zero-order valence-corrected chi connectivity index (χ0v) is 22.0. The van der Waals surface area contributed by atoms with E-state index in [-0.39, 0.29) is 16.6 Å². The molecule has 10 heteroatoms. The van der Waals surface area contributed by atoms with Crippen LogP contribution in [-0.4, -0.2) is 81.3 Å². The smallest absolute Gasteiger partial charge is 0.326 e. The Morgan fingerprint density at radius 2 is 1.89 bits per heavy atom. The molecule has 8 nitrogen and oxygen atoms in total. The zero-order chi connectivity index (χ0) is 25.3.